The van der Waals surface area contributed by atoms with Crippen LogP contribution in [-0.4, -0.2) is 13.6 Å². The number of rotatable bonds is 18. The summed E-state index contributed by atoms with van der Waals surface area (Å²) in [6, 6.07) is 10.9. The van der Waals surface area contributed by atoms with Gasteiger partial charge in [0, 0.05) is 0 Å². The second-order valence-corrected chi connectivity index (χ2v) is 8.20. The van der Waals surface area contributed by atoms with E-state index in [9.17, 15) is 0 Å². The average molecular weight is 361 g/mol. The molecule has 1 atom stereocenters. The first-order valence-corrected chi connectivity index (χ1v) is 11.7. The maximum Gasteiger partial charge on any atom is 0.130 e. The molecule has 0 fully saturated rings. The lowest BCUT2D eigenvalue weighted by molar-refractivity contribution is -0.810. The third-order valence-corrected chi connectivity index (χ3v) is 5.67. The molecule has 150 valence electrons. The number of nitrogens with one attached hydrogen (secondary N) is 1. The summed E-state index contributed by atoms with van der Waals surface area (Å²) in [5.41, 5.74) is 1.42. The number of unbranched alkanes of at least 4 members (excludes halogenated alkanes) is 15. The zero-order valence-electron chi connectivity index (χ0n) is 17.9. The van der Waals surface area contributed by atoms with Crippen LogP contribution >= 0.6 is 0 Å². The third kappa shape index (κ3) is 13.4. The SMILES string of the molecule is CCCCCCCCCCCCCCCCCC[NH+](C)c1ccccc1. The van der Waals surface area contributed by atoms with E-state index < -0.39 is 0 Å². The molecule has 1 N–H and O–H groups in total. The molecule has 0 aromatic heterocycles. The van der Waals surface area contributed by atoms with Crippen LogP contribution in [0.5, 0.6) is 0 Å². The van der Waals surface area contributed by atoms with Crippen LogP contribution in [0.15, 0.2) is 30.3 Å². The van der Waals surface area contributed by atoms with Crippen LogP contribution in [0.25, 0.3) is 0 Å². The van der Waals surface area contributed by atoms with E-state index in [1.54, 1.807) is 4.90 Å². The van der Waals surface area contributed by atoms with Gasteiger partial charge in [0.1, 0.15) is 5.69 Å². The summed E-state index contributed by atoms with van der Waals surface area (Å²) in [5.74, 6) is 0. The molecule has 0 aliphatic carbocycles. The van der Waals surface area contributed by atoms with Gasteiger partial charge in [0.2, 0.25) is 0 Å². The number of hydrogen-bond acceptors (Lipinski definition) is 0. The summed E-state index contributed by atoms with van der Waals surface area (Å²) < 4.78 is 0. The van der Waals surface area contributed by atoms with Gasteiger partial charge in [-0.15, -0.1) is 0 Å². The Kier molecular flexibility index (Phi) is 15.7. The van der Waals surface area contributed by atoms with Gasteiger partial charge in [0.15, 0.2) is 0 Å². The maximum absolute atomic E-state index is 2.30. The predicted octanol–water partition coefficient (Wildman–Crippen LogP) is 7.09. The van der Waals surface area contributed by atoms with Gasteiger partial charge in [-0.25, -0.2) is 0 Å². The molecule has 1 heteroatoms. The van der Waals surface area contributed by atoms with E-state index in [0.717, 1.165) is 0 Å². The first-order valence-electron chi connectivity index (χ1n) is 11.7. The molecule has 1 aromatic carbocycles. The van der Waals surface area contributed by atoms with Crippen LogP contribution in [0.3, 0.4) is 0 Å². The van der Waals surface area contributed by atoms with Crippen molar-refractivity contribution in [2.24, 2.45) is 0 Å². The molecular formula is C25H46N+. The fourth-order valence-electron chi connectivity index (χ4n) is 3.81. The lowest BCUT2D eigenvalue weighted by atomic mass is 10.0. The second-order valence-electron chi connectivity index (χ2n) is 8.20. The molecule has 0 radical (unpaired) electrons. The van der Waals surface area contributed by atoms with Crippen molar-refractivity contribution >= 4 is 5.69 Å². The van der Waals surface area contributed by atoms with Crippen LogP contribution in [0.2, 0.25) is 0 Å². The van der Waals surface area contributed by atoms with Crippen molar-refractivity contribution in [3.8, 4) is 0 Å². The molecule has 0 aliphatic heterocycles. The van der Waals surface area contributed by atoms with Gasteiger partial charge in [-0.1, -0.05) is 115 Å². The van der Waals surface area contributed by atoms with E-state index in [1.807, 2.05) is 0 Å². The monoisotopic (exact) mass is 360 g/mol. The summed E-state index contributed by atoms with van der Waals surface area (Å²) in [7, 11) is 2.29. The van der Waals surface area contributed by atoms with Crippen LogP contribution in [0.4, 0.5) is 5.69 Å². The van der Waals surface area contributed by atoms with Gasteiger partial charge in [-0.2, -0.15) is 0 Å². The smallest absolute Gasteiger partial charge is 0.130 e. The van der Waals surface area contributed by atoms with E-state index >= 15 is 0 Å². The normalized spacial score (nSPS) is 12.4. The minimum atomic E-state index is 1.27. The van der Waals surface area contributed by atoms with E-state index in [0.29, 0.717) is 0 Å². The van der Waals surface area contributed by atoms with Crippen molar-refractivity contribution < 1.29 is 4.90 Å². The predicted molar refractivity (Wildman–Crippen MR) is 117 cm³/mol. The van der Waals surface area contributed by atoms with Crippen molar-refractivity contribution in [3.63, 3.8) is 0 Å². The van der Waals surface area contributed by atoms with Gasteiger partial charge < -0.3 is 4.90 Å². The molecule has 0 heterocycles. The van der Waals surface area contributed by atoms with Gasteiger partial charge in [0.05, 0.1) is 13.6 Å². The number of quaternary nitrogens is 1. The van der Waals surface area contributed by atoms with Gasteiger partial charge in [-0.05, 0) is 25.0 Å². The van der Waals surface area contributed by atoms with Crippen molar-refractivity contribution in [2.45, 2.75) is 110 Å². The molecule has 0 saturated heterocycles. The quantitative estimate of drug-likeness (QED) is 0.266. The van der Waals surface area contributed by atoms with E-state index in [4.69, 9.17) is 0 Å². The van der Waals surface area contributed by atoms with Crippen molar-refractivity contribution in [1.82, 2.24) is 0 Å². The lowest BCUT2D eigenvalue weighted by Crippen LogP contribution is -3.03. The minimum Gasteiger partial charge on any atom is -0.305 e. The highest BCUT2D eigenvalue weighted by Crippen LogP contribution is 2.13. The Morgan fingerprint density at radius 1 is 0.538 bits per heavy atom. The molecular weight excluding hydrogens is 314 g/mol. The average Bonchev–Trinajstić information content (AvgIpc) is 2.68. The molecule has 1 unspecified atom stereocenters. The number of benzene rings is 1. The van der Waals surface area contributed by atoms with Gasteiger partial charge in [0.25, 0.3) is 0 Å². The molecule has 1 rings (SSSR count). The highest BCUT2D eigenvalue weighted by atomic mass is 15.1. The maximum atomic E-state index is 2.30. The van der Waals surface area contributed by atoms with Crippen LogP contribution in [-0.2, 0) is 0 Å². The standard InChI is InChI=1S/C25H45N/c1-3-4-5-6-7-8-9-10-11-12-13-14-15-16-17-21-24-26(2)25-22-19-18-20-23-25/h18-20,22-23H,3-17,21,24H2,1-2H3/p+1. The molecule has 0 amide bonds. The Bertz CT molecular complexity index is 386. The van der Waals surface area contributed by atoms with Gasteiger partial charge in [-0.3, -0.25) is 0 Å². The van der Waals surface area contributed by atoms with Crippen molar-refractivity contribution in [2.75, 3.05) is 13.6 Å². The molecule has 0 saturated carbocycles. The summed E-state index contributed by atoms with van der Waals surface area (Å²) >= 11 is 0. The second kappa shape index (κ2) is 17.6. The minimum absolute atomic E-state index is 1.27. The Morgan fingerprint density at radius 3 is 1.35 bits per heavy atom. The summed E-state index contributed by atoms with van der Waals surface area (Å²) in [5, 5.41) is 0. The van der Waals surface area contributed by atoms with Crippen LogP contribution < -0.4 is 4.90 Å². The van der Waals surface area contributed by atoms with Crippen molar-refractivity contribution in [1.29, 1.82) is 0 Å². The van der Waals surface area contributed by atoms with E-state index in [1.165, 1.54) is 115 Å². The molecule has 0 spiro atoms. The Hall–Kier alpha value is -0.820. The zero-order valence-corrected chi connectivity index (χ0v) is 17.9. The Morgan fingerprint density at radius 2 is 0.923 bits per heavy atom. The largest absolute Gasteiger partial charge is 0.305 e. The van der Waals surface area contributed by atoms with Crippen LogP contribution in [0.1, 0.15) is 110 Å². The summed E-state index contributed by atoms with van der Waals surface area (Å²) in [4.78, 5) is 1.55. The highest BCUT2D eigenvalue weighted by molar-refractivity contribution is 5.27. The summed E-state index contributed by atoms with van der Waals surface area (Å²) in [6.45, 7) is 3.56. The van der Waals surface area contributed by atoms with E-state index in [-0.39, 0.29) is 0 Å². The summed E-state index contributed by atoms with van der Waals surface area (Å²) in [6.07, 6.45) is 23.1. The molecule has 0 bridgehead atoms. The third-order valence-electron chi connectivity index (χ3n) is 5.67. The Balaban J connectivity index is 1.76. The Labute approximate surface area is 164 Å². The zero-order chi connectivity index (χ0) is 18.7. The van der Waals surface area contributed by atoms with Crippen LogP contribution in [0, 0.1) is 0 Å². The molecule has 26 heavy (non-hydrogen) atoms. The first kappa shape index (κ1) is 23.2. The fourth-order valence-corrected chi connectivity index (χ4v) is 3.81. The van der Waals surface area contributed by atoms with Gasteiger partial charge >= 0.3 is 0 Å². The first-order chi connectivity index (χ1) is 12.8. The topological polar surface area (TPSA) is 4.44 Å². The number of para-hydroxylation sites is 1. The molecule has 1 nitrogen and oxygen atoms in total. The molecule has 1 aromatic rings. The number of hydrogen-bond donors (Lipinski definition) is 1. The van der Waals surface area contributed by atoms with Crippen molar-refractivity contribution in [3.05, 3.63) is 30.3 Å². The molecule has 0 aliphatic rings. The van der Waals surface area contributed by atoms with E-state index in [2.05, 4.69) is 44.3 Å². The highest BCUT2D eigenvalue weighted by Gasteiger charge is 2.04. The lowest BCUT2D eigenvalue weighted by Gasteiger charge is -2.13. The fraction of sp³-hybridized carbons (Fsp3) is 0.760.